The van der Waals surface area contributed by atoms with Gasteiger partial charge in [-0.2, -0.15) is 0 Å². The fraction of sp³-hybridized carbons (Fsp3) is 0.364. The molecular formula is C22H24N2O2. The fourth-order valence-electron chi connectivity index (χ4n) is 3.97. The van der Waals surface area contributed by atoms with Crippen LogP contribution in [0.4, 0.5) is 0 Å². The van der Waals surface area contributed by atoms with Crippen LogP contribution in [0, 0.1) is 0 Å². The minimum absolute atomic E-state index is 0.0532. The standard InChI is InChI=1S/C22H24N2O2/c25-21(18-6-2-1-3-7-18)23-12-5-13-24(15-14-23)22(26)20-11-10-17-8-4-9-19(17)16-20/h1-3,6-7,10-11,16H,4-5,8-9,12-15H2. The minimum atomic E-state index is 0.0532. The molecule has 26 heavy (non-hydrogen) atoms. The summed E-state index contributed by atoms with van der Waals surface area (Å²) in [5.74, 6) is 0.145. The van der Waals surface area contributed by atoms with Crippen molar-refractivity contribution in [1.29, 1.82) is 0 Å². The summed E-state index contributed by atoms with van der Waals surface area (Å²) in [6.07, 6.45) is 4.21. The largest absolute Gasteiger partial charge is 0.337 e. The summed E-state index contributed by atoms with van der Waals surface area (Å²) in [6, 6.07) is 15.5. The maximum atomic E-state index is 12.9. The Labute approximate surface area is 154 Å². The van der Waals surface area contributed by atoms with Crippen LogP contribution in [0.3, 0.4) is 0 Å². The molecule has 4 heteroatoms. The van der Waals surface area contributed by atoms with Crippen molar-refractivity contribution in [3.05, 3.63) is 70.8 Å². The van der Waals surface area contributed by atoms with Gasteiger partial charge in [0.25, 0.3) is 11.8 Å². The van der Waals surface area contributed by atoms with Crippen molar-refractivity contribution < 1.29 is 9.59 Å². The number of aryl methyl sites for hydroxylation is 2. The molecule has 1 fully saturated rings. The second-order valence-corrected chi connectivity index (χ2v) is 7.14. The number of amides is 2. The Hall–Kier alpha value is -2.62. The molecule has 0 atom stereocenters. The Morgan fingerprint density at radius 1 is 0.654 bits per heavy atom. The highest BCUT2D eigenvalue weighted by molar-refractivity contribution is 5.95. The lowest BCUT2D eigenvalue weighted by Gasteiger charge is -2.22. The summed E-state index contributed by atoms with van der Waals surface area (Å²) in [7, 11) is 0. The fourth-order valence-corrected chi connectivity index (χ4v) is 3.97. The average Bonchev–Trinajstić information content (AvgIpc) is 3.02. The number of fused-ring (bicyclic) bond motifs is 1. The molecule has 0 saturated carbocycles. The molecule has 0 radical (unpaired) electrons. The predicted octanol–water partition coefficient (Wildman–Crippen LogP) is 3.16. The number of carbonyl (C=O) groups excluding carboxylic acids is 2. The Kier molecular flexibility index (Phi) is 4.74. The van der Waals surface area contributed by atoms with Gasteiger partial charge < -0.3 is 9.80 Å². The van der Waals surface area contributed by atoms with Crippen molar-refractivity contribution >= 4 is 11.8 Å². The molecule has 0 unspecified atom stereocenters. The second kappa shape index (κ2) is 7.32. The lowest BCUT2D eigenvalue weighted by Crippen LogP contribution is -2.37. The maximum absolute atomic E-state index is 12.9. The van der Waals surface area contributed by atoms with Gasteiger partial charge in [-0.05, 0) is 61.1 Å². The Morgan fingerprint density at radius 2 is 1.31 bits per heavy atom. The Balaban J connectivity index is 1.43. The first-order valence-corrected chi connectivity index (χ1v) is 9.48. The number of rotatable bonds is 2. The van der Waals surface area contributed by atoms with E-state index in [1.165, 1.54) is 17.5 Å². The molecule has 0 aromatic heterocycles. The van der Waals surface area contributed by atoms with Crippen LogP contribution in [0.25, 0.3) is 0 Å². The van der Waals surface area contributed by atoms with Crippen molar-refractivity contribution in [2.24, 2.45) is 0 Å². The van der Waals surface area contributed by atoms with Crippen LogP contribution < -0.4 is 0 Å². The van der Waals surface area contributed by atoms with Crippen LogP contribution in [0.2, 0.25) is 0 Å². The molecule has 0 bridgehead atoms. The summed E-state index contributed by atoms with van der Waals surface area (Å²) in [5, 5.41) is 0. The highest BCUT2D eigenvalue weighted by atomic mass is 16.2. The van der Waals surface area contributed by atoms with Crippen LogP contribution in [0.5, 0.6) is 0 Å². The first-order valence-electron chi connectivity index (χ1n) is 9.48. The van der Waals surface area contributed by atoms with Crippen molar-refractivity contribution in [3.8, 4) is 0 Å². The van der Waals surface area contributed by atoms with Gasteiger partial charge in [-0.25, -0.2) is 0 Å². The molecule has 1 aliphatic carbocycles. The molecule has 0 N–H and O–H groups in total. The topological polar surface area (TPSA) is 40.6 Å². The highest BCUT2D eigenvalue weighted by Gasteiger charge is 2.24. The third-order valence-corrected chi connectivity index (χ3v) is 5.44. The molecule has 1 aliphatic heterocycles. The van der Waals surface area contributed by atoms with E-state index in [1.54, 1.807) is 0 Å². The van der Waals surface area contributed by atoms with E-state index in [4.69, 9.17) is 0 Å². The number of benzene rings is 2. The zero-order valence-electron chi connectivity index (χ0n) is 15.0. The second-order valence-electron chi connectivity index (χ2n) is 7.14. The molecule has 1 saturated heterocycles. The molecule has 0 spiro atoms. The van der Waals surface area contributed by atoms with Crippen LogP contribution in [-0.2, 0) is 12.8 Å². The van der Waals surface area contributed by atoms with E-state index in [2.05, 4.69) is 12.1 Å². The predicted molar refractivity (Wildman–Crippen MR) is 101 cm³/mol. The van der Waals surface area contributed by atoms with E-state index < -0.39 is 0 Å². The molecule has 4 nitrogen and oxygen atoms in total. The van der Waals surface area contributed by atoms with Gasteiger partial charge in [0.15, 0.2) is 0 Å². The number of nitrogens with zero attached hydrogens (tertiary/aromatic N) is 2. The van der Waals surface area contributed by atoms with E-state index in [9.17, 15) is 9.59 Å². The lowest BCUT2D eigenvalue weighted by molar-refractivity contribution is 0.0718. The van der Waals surface area contributed by atoms with Crippen molar-refractivity contribution in [2.75, 3.05) is 26.2 Å². The number of hydrogen-bond acceptors (Lipinski definition) is 2. The third-order valence-electron chi connectivity index (χ3n) is 5.44. The monoisotopic (exact) mass is 348 g/mol. The minimum Gasteiger partial charge on any atom is -0.337 e. The van der Waals surface area contributed by atoms with Crippen LogP contribution in [-0.4, -0.2) is 47.8 Å². The van der Waals surface area contributed by atoms with Crippen LogP contribution in [0.15, 0.2) is 48.5 Å². The van der Waals surface area contributed by atoms with Gasteiger partial charge in [0, 0.05) is 37.3 Å². The normalized spacial score (nSPS) is 16.9. The molecule has 2 aromatic rings. The van der Waals surface area contributed by atoms with E-state index in [1.807, 2.05) is 46.2 Å². The number of hydrogen-bond donors (Lipinski definition) is 0. The summed E-state index contributed by atoms with van der Waals surface area (Å²) in [5.41, 5.74) is 4.21. The van der Waals surface area contributed by atoms with Gasteiger partial charge in [0.05, 0.1) is 0 Å². The summed E-state index contributed by atoms with van der Waals surface area (Å²) < 4.78 is 0. The van der Waals surface area contributed by atoms with E-state index >= 15 is 0 Å². The Morgan fingerprint density at radius 3 is 2.04 bits per heavy atom. The smallest absolute Gasteiger partial charge is 0.253 e. The zero-order chi connectivity index (χ0) is 17.9. The van der Waals surface area contributed by atoms with Gasteiger partial charge >= 0.3 is 0 Å². The summed E-state index contributed by atoms with van der Waals surface area (Å²) in [4.78, 5) is 29.3. The molecule has 2 aromatic carbocycles. The molecule has 134 valence electrons. The quantitative estimate of drug-likeness (QED) is 0.836. The first-order chi connectivity index (χ1) is 12.7. The first kappa shape index (κ1) is 16.8. The molecular weight excluding hydrogens is 324 g/mol. The van der Waals surface area contributed by atoms with Crippen LogP contribution >= 0.6 is 0 Å². The Bertz CT molecular complexity index is 816. The molecule has 1 heterocycles. The maximum Gasteiger partial charge on any atom is 0.253 e. The van der Waals surface area contributed by atoms with Gasteiger partial charge in [0.2, 0.25) is 0 Å². The summed E-state index contributed by atoms with van der Waals surface area (Å²) in [6.45, 7) is 2.58. The van der Waals surface area contributed by atoms with Gasteiger partial charge in [0.1, 0.15) is 0 Å². The van der Waals surface area contributed by atoms with Crippen LogP contribution in [0.1, 0.15) is 44.7 Å². The van der Waals surface area contributed by atoms with Crippen molar-refractivity contribution in [3.63, 3.8) is 0 Å². The van der Waals surface area contributed by atoms with E-state index in [-0.39, 0.29) is 11.8 Å². The van der Waals surface area contributed by atoms with Gasteiger partial charge in [-0.3, -0.25) is 9.59 Å². The summed E-state index contributed by atoms with van der Waals surface area (Å²) >= 11 is 0. The highest BCUT2D eigenvalue weighted by Crippen LogP contribution is 2.23. The average molecular weight is 348 g/mol. The van der Waals surface area contributed by atoms with Gasteiger partial charge in [-0.1, -0.05) is 24.3 Å². The third kappa shape index (κ3) is 3.36. The van der Waals surface area contributed by atoms with Crippen molar-refractivity contribution in [2.45, 2.75) is 25.7 Å². The molecule has 2 amide bonds. The van der Waals surface area contributed by atoms with E-state index in [0.717, 1.165) is 24.8 Å². The molecule has 4 rings (SSSR count). The molecule has 2 aliphatic rings. The number of carbonyl (C=O) groups is 2. The zero-order valence-corrected chi connectivity index (χ0v) is 15.0. The van der Waals surface area contributed by atoms with E-state index in [0.29, 0.717) is 31.7 Å². The SMILES string of the molecule is O=C(c1ccccc1)N1CCCN(C(=O)c2ccc3c(c2)CCC3)CC1. The lowest BCUT2D eigenvalue weighted by atomic mass is 10.1. The van der Waals surface area contributed by atoms with Crippen molar-refractivity contribution in [1.82, 2.24) is 9.80 Å². The van der Waals surface area contributed by atoms with Gasteiger partial charge in [-0.15, -0.1) is 0 Å².